The minimum Gasteiger partial charge on any atom is -0.339 e. The molecule has 1 fully saturated rings. The molecule has 0 aromatic heterocycles. The van der Waals surface area contributed by atoms with Crippen molar-refractivity contribution >= 4 is 17.5 Å². The lowest BCUT2D eigenvalue weighted by atomic mass is 10.1. The van der Waals surface area contributed by atoms with Crippen LogP contribution in [-0.2, 0) is 4.79 Å². The summed E-state index contributed by atoms with van der Waals surface area (Å²) < 4.78 is 0. The Hall–Kier alpha value is -2.48. The first-order chi connectivity index (χ1) is 10.9. The Morgan fingerprint density at radius 2 is 2.00 bits per heavy atom. The molecule has 1 aliphatic heterocycles. The molecular weight excluding hydrogens is 300 g/mol. The summed E-state index contributed by atoms with van der Waals surface area (Å²) in [7, 11) is 1.53. The number of piperazine rings is 1. The SMILES string of the molecule is Cc1ccc([N+](=O)[O-])cc1C(=O)N(C)CC(=O)N1CCNCC1. The van der Waals surface area contributed by atoms with Crippen molar-refractivity contribution in [2.45, 2.75) is 6.92 Å². The van der Waals surface area contributed by atoms with Gasteiger partial charge in [0.25, 0.3) is 11.6 Å². The first kappa shape index (κ1) is 16.9. The molecule has 2 rings (SSSR count). The van der Waals surface area contributed by atoms with E-state index in [-0.39, 0.29) is 23.7 Å². The van der Waals surface area contributed by atoms with Crippen molar-refractivity contribution in [3.05, 3.63) is 39.4 Å². The minimum absolute atomic E-state index is 0.0407. The maximum absolute atomic E-state index is 12.5. The number of non-ortho nitro benzene ring substituents is 1. The summed E-state index contributed by atoms with van der Waals surface area (Å²) in [5.74, 6) is -0.514. The van der Waals surface area contributed by atoms with Gasteiger partial charge in [-0.25, -0.2) is 0 Å². The van der Waals surface area contributed by atoms with Crippen LogP contribution in [0.15, 0.2) is 18.2 Å². The lowest BCUT2D eigenvalue weighted by molar-refractivity contribution is -0.384. The number of nitro groups is 1. The molecule has 1 N–H and O–H groups in total. The van der Waals surface area contributed by atoms with E-state index in [2.05, 4.69) is 5.32 Å². The van der Waals surface area contributed by atoms with E-state index in [0.29, 0.717) is 18.7 Å². The van der Waals surface area contributed by atoms with E-state index in [0.717, 1.165) is 13.1 Å². The highest BCUT2D eigenvalue weighted by molar-refractivity contribution is 5.98. The molecule has 23 heavy (non-hydrogen) atoms. The van der Waals surface area contributed by atoms with Crippen LogP contribution in [-0.4, -0.2) is 66.3 Å². The first-order valence-corrected chi connectivity index (χ1v) is 7.39. The van der Waals surface area contributed by atoms with Gasteiger partial charge in [0.1, 0.15) is 0 Å². The molecule has 124 valence electrons. The number of hydrogen-bond donors (Lipinski definition) is 1. The number of nitrogens with one attached hydrogen (secondary N) is 1. The zero-order chi connectivity index (χ0) is 17.0. The zero-order valence-electron chi connectivity index (χ0n) is 13.2. The van der Waals surface area contributed by atoms with Crippen LogP contribution in [0.5, 0.6) is 0 Å². The van der Waals surface area contributed by atoms with Gasteiger partial charge in [-0.1, -0.05) is 6.07 Å². The molecule has 8 heteroatoms. The predicted molar refractivity (Wildman–Crippen MR) is 84.2 cm³/mol. The third-order valence-electron chi connectivity index (χ3n) is 3.85. The molecule has 0 radical (unpaired) electrons. The lowest BCUT2D eigenvalue weighted by Crippen LogP contribution is -2.49. The molecule has 0 atom stereocenters. The Balaban J connectivity index is 2.08. The molecule has 0 bridgehead atoms. The molecule has 1 heterocycles. The monoisotopic (exact) mass is 320 g/mol. The number of nitro benzene ring substituents is 1. The van der Waals surface area contributed by atoms with Crippen LogP contribution in [0.1, 0.15) is 15.9 Å². The highest BCUT2D eigenvalue weighted by Crippen LogP contribution is 2.18. The number of rotatable bonds is 4. The predicted octanol–water partition coefficient (Wildman–Crippen LogP) is 0.407. The quantitative estimate of drug-likeness (QED) is 0.640. The van der Waals surface area contributed by atoms with Crippen molar-refractivity contribution in [3.8, 4) is 0 Å². The van der Waals surface area contributed by atoms with Gasteiger partial charge in [0.05, 0.1) is 11.5 Å². The van der Waals surface area contributed by atoms with Crippen molar-refractivity contribution in [2.75, 3.05) is 39.8 Å². The number of hydrogen-bond acceptors (Lipinski definition) is 5. The van der Waals surface area contributed by atoms with E-state index in [9.17, 15) is 19.7 Å². The molecular formula is C15H20N4O4. The van der Waals surface area contributed by atoms with E-state index in [1.165, 1.54) is 30.1 Å². The van der Waals surface area contributed by atoms with Gasteiger partial charge in [0.2, 0.25) is 5.91 Å². The summed E-state index contributed by atoms with van der Waals surface area (Å²) in [6, 6.07) is 4.15. The number of carbonyl (C=O) groups excluding carboxylic acids is 2. The van der Waals surface area contributed by atoms with Gasteiger partial charge in [-0.3, -0.25) is 19.7 Å². The standard InChI is InChI=1S/C15H20N4O4/c1-11-3-4-12(19(22)23)9-13(11)15(21)17(2)10-14(20)18-7-5-16-6-8-18/h3-4,9,16H,5-8,10H2,1-2H3. The van der Waals surface area contributed by atoms with Crippen molar-refractivity contribution in [1.82, 2.24) is 15.1 Å². The Morgan fingerprint density at radius 1 is 1.35 bits per heavy atom. The average Bonchev–Trinajstić information content (AvgIpc) is 2.55. The molecule has 0 saturated carbocycles. The van der Waals surface area contributed by atoms with Crippen molar-refractivity contribution in [3.63, 3.8) is 0 Å². The van der Waals surface area contributed by atoms with Crippen molar-refractivity contribution < 1.29 is 14.5 Å². The molecule has 1 aromatic rings. The van der Waals surface area contributed by atoms with Gasteiger partial charge in [0, 0.05) is 50.9 Å². The average molecular weight is 320 g/mol. The fraction of sp³-hybridized carbons (Fsp3) is 0.467. The van der Waals surface area contributed by atoms with Crippen LogP contribution in [0.2, 0.25) is 0 Å². The molecule has 0 aliphatic carbocycles. The smallest absolute Gasteiger partial charge is 0.270 e. The zero-order valence-corrected chi connectivity index (χ0v) is 13.2. The van der Waals surface area contributed by atoms with Crippen molar-refractivity contribution in [2.24, 2.45) is 0 Å². The second-order valence-corrected chi connectivity index (χ2v) is 5.55. The third kappa shape index (κ3) is 4.04. The summed E-state index contributed by atoms with van der Waals surface area (Å²) in [4.78, 5) is 38.0. The van der Waals surface area contributed by atoms with E-state index < -0.39 is 10.8 Å². The molecule has 8 nitrogen and oxygen atoms in total. The van der Waals surface area contributed by atoms with Gasteiger partial charge in [-0.05, 0) is 12.5 Å². The molecule has 0 spiro atoms. The summed E-state index contributed by atoms with van der Waals surface area (Å²) in [6.45, 7) is 4.40. The second-order valence-electron chi connectivity index (χ2n) is 5.55. The third-order valence-corrected chi connectivity index (χ3v) is 3.85. The fourth-order valence-corrected chi connectivity index (χ4v) is 2.45. The Labute approximate surface area is 134 Å². The lowest BCUT2D eigenvalue weighted by Gasteiger charge is -2.29. The van der Waals surface area contributed by atoms with Crippen molar-refractivity contribution in [1.29, 1.82) is 0 Å². The van der Waals surface area contributed by atoms with Crippen LogP contribution in [0, 0.1) is 17.0 Å². The van der Waals surface area contributed by atoms with Crippen LogP contribution in [0.25, 0.3) is 0 Å². The van der Waals surface area contributed by atoms with Crippen LogP contribution in [0.4, 0.5) is 5.69 Å². The summed E-state index contributed by atoms with van der Waals surface area (Å²) in [6.07, 6.45) is 0. The van der Waals surface area contributed by atoms with Gasteiger partial charge in [0.15, 0.2) is 0 Å². The summed E-state index contributed by atoms with van der Waals surface area (Å²) in [5.41, 5.74) is 0.748. The number of carbonyl (C=O) groups is 2. The van der Waals surface area contributed by atoms with Gasteiger partial charge in [-0.2, -0.15) is 0 Å². The van der Waals surface area contributed by atoms with E-state index in [1.54, 1.807) is 11.8 Å². The van der Waals surface area contributed by atoms with Crippen LogP contribution in [0.3, 0.4) is 0 Å². The molecule has 2 amide bonds. The van der Waals surface area contributed by atoms with E-state index in [4.69, 9.17) is 0 Å². The highest BCUT2D eigenvalue weighted by atomic mass is 16.6. The summed E-state index contributed by atoms with van der Waals surface area (Å²) >= 11 is 0. The molecule has 1 aromatic carbocycles. The highest BCUT2D eigenvalue weighted by Gasteiger charge is 2.22. The topological polar surface area (TPSA) is 95.8 Å². The largest absolute Gasteiger partial charge is 0.339 e. The fourth-order valence-electron chi connectivity index (χ4n) is 2.45. The van der Waals surface area contributed by atoms with Gasteiger partial charge < -0.3 is 15.1 Å². The number of nitrogens with zero attached hydrogens (tertiary/aromatic N) is 3. The van der Waals surface area contributed by atoms with Gasteiger partial charge in [-0.15, -0.1) is 0 Å². The Morgan fingerprint density at radius 3 is 2.61 bits per heavy atom. The minimum atomic E-state index is -0.540. The Kier molecular flexibility index (Phi) is 5.28. The number of likely N-dealkylation sites (N-methyl/N-ethyl adjacent to an activating group) is 1. The molecule has 1 aliphatic rings. The van der Waals surface area contributed by atoms with E-state index >= 15 is 0 Å². The van der Waals surface area contributed by atoms with Crippen LogP contribution < -0.4 is 5.32 Å². The molecule has 1 saturated heterocycles. The maximum atomic E-state index is 12.5. The first-order valence-electron chi connectivity index (χ1n) is 7.39. The van der Waals surface area contributed by atoms with Crippen LogP contribution >= 0.6 is 0 Å². The number of amides is 2. The van der Waals surface area contributed by atoms with E-state index in [1.807, 2.05) is 0 Å². The number of benzene rings is 1. The Bertz CT molecular complexity index is 626. The maximum Gasteiger partial charge on any atom is 0.270 e. The summed E-state index contributed by atoms with van der Waals surface area (Å²) in [5, 5.41) is 14.0. The second kappa shape index (κ2) is 7.19. The normalized spacial score (nSPS) is 14.4. The molecule has 0 unspecified atom stereocenters. The van der Waals surface area contributed by atoms with Gasteiger partial charge >= 0.3 is 0 Å². The number of aryl methyl sites for hydroxylation is 1.